The molecule has 2 heterocycles. The molecule has 6 nitrogen and oxygen atoms in total. The van der Waals surface area contributed by atoms with Gasteiger partial charge in [-0.2, -0.15) is 0 Å². The summed E-state index contributed by atoms with van der Waals surface area (Å²) in [5.74, 6) is 0.872. The molecule has 1 aromatic carbocycles. The van der Waals surface area contributed by atoms with E-state index in [-0.39, 0.29) is 0 Å². The molecule has 0 aliphatic heterocycles. The number of anilines is 2. The van der Waals surface area contributed by atoms with Gasteiger partial charge in [-0.15, -0.1) is 10.2 Å². The zero-order valence-corrected chi connectivity index (χ0v) is 11.5. The van der Waals surface area contributed by atoms with Crippen molar-refractivity contribution in [2.75, 3.05) is 11.1 Å². The fraction of sp³-hybridized carbons (Fsp3) is 0.214. The van der Waals surface area contributed by atoms with Crippen LogP contribution in [0, 0.1) is 6.92 Å². The highest BCUT2D eigenvalue weighted by atomic mass is 15.3. The maximum Gasteiger partial charge on any atom is 0.151 e. The van der Waals surface area contributed by atoms with Crippen LogP contribution in [0.2, 0.25) is 0 Å². The Morgan fingerprint density at radius 2 is 2.15 bits per heavy atom. The van der Waals surface area contributed by atoms with Gasteiger partial charge in [-0.05, 0) is 31.2 Å². The fourth-order valence-corrected chi connectivity index (χ4v) is 2.16. The van der Waals surface area contributed by atoms with Crippen molar-refractivity contribution in [3.05, 3.63) is 42.1 Å². The summed E-state index contributed by atoms with van der Waals surface area (Å²) in [5.41, 5.74) is 9.48. The van der Waals surface area contributed by atoms with Crippen molar-refractivity contribution in [2.45, 2.75) is 13.5 Å². The molecule has 0 fully saturated rings. The number of nitrogens with zero attached hydrogens (tertiary/aromatic N) is 4. The topological polar surface area (TPSA) is 81.7 Å². The van der Waals surface area contributed by atoms with Crippen LogP contribution in [0.1, 0.15) is 11.5 Å². The van der Waals surface area contributed by atoms with E-state index >= 15 is 0 Å². The van der Waals surface area contributed by atoms with Gasteiger partial charge in [-0.1, -0.05) is 0 Å². The Balaban J connectivity index is 1.98. The van der Waals surface area contributed by atoms with Crippen LogP contribution in [0.25, 0.3) is 10.9 Å². The molecular formula is C14H16N6. The molecule has 0 atom stereocenters. The summed E-state index contributed by atoms with van der Waals surface area (Å²) in [5, 5.41) is 12.3. The molecule has 0 spiro atoms. The lowest BCUT2D eigenvalue weighted by molar-refractivity contribution is 0.812. The Hall–Kier alpha value is -2.63. The Bertz CT molecular complexity index is 761. The van der Waals surface area contributed by atoms with E-state index in [1.165, 1.54) is 0 Å². The van der Waals surface area contributed by atoms with E-state index in [0.717, 1.165) is 33.8 Å². The average molecular weight is 268 g/mol. The fourth-order valence-electron chi connectivity index (χ4n) is 2.16. The van der Waals surface area contributed by atoms with Crippen molar-refractivity contribution in [1.29, 1.82) is 0 Å². The van der Waals surface area contributed by atoms with E-state index in [2.05, 4.69) is 20.5 Å². The third kappa shape index (κ3) is 2.27. The molecule has 0 aliphatic carbocycles. The standard InChI is InChI=1S/C14H16N6/c1-9-5-13(16-7-14-19-17-8-20(14)2)11-6-10(15)3-4-12(11)18-9/h3-6,8H,7,15H2,1-2H3,(H,16,18). The number of nitrogens with two attached hydrogens (primary N) is 1. The number of aryl methyl sites for hydroxylation is 2. The van der Waals surface area contributed by atoms with Crippen LogP contribution in [0.15, 0.2) is 30.6 Å². The Labute approximate surface area is 116 Å². The number of hydrogen-bond acceptors (Lipinski definition) is 5. The molecule has 0 unspecified atom stereocenters. The molecule has 0 bridgehead atoms. The summed E-state index contributed by atoms with van der Waals surface area (Å²) in [6.45, 7) is 2.58. The molecule has 0 amide bonds. The number of hydrogen-bond donors (Lipinski definition) is 2. The largest absolute Gasteiger partial charge is 0.399 e. The molecule has 3 N–H and O–H groups in total. The Kier molecular flexibility index (Phi) is 2.98. The second-order valence-electron chi connectivity index (χ2n) is 4.80. The van der Waals surface area contributed by atoms with Crippen LogP contribution in [0.5, 0.6) is 0 Å². The minimum Gasteiger partial charge on any atom is -0.399 e. The molecule has 2 aromatic heterocycles. The van der Waals surface area contributed by atoms with Crippen LogP contribution in [0.3, 0.4) is 0 Å². The highest BCUT2D eigenvalue weighted by Crippen LogP contribution is 2.25. The van der Waals surface area contributed by atoms with Gasteiger partial charge in [-0.3, -0.25) is 4.98 Å². The van der Waals surface area contributed by atoms with Crippen LogP contribution < -0.4 is 11.1 Å². The molecule has 20 heavy (non-hydrogen) atoms. The summed E-state index contributed by atoms with van der Waals surface area (Å²) < 4.78 is 1.89. The number of nitrogens with one attached hydrogen (secondary N) is 1. The minimum absolute atomic E-state index is 0.601. The van der Waals surface area contributed by atoms with Crippen molar-refractivity contribution >= 4 is 22.3 Å². The second-order valence-corrected chi connectivity index (χ2v) is 4.80. The van der Waals surface area contributed by atoms with E-state index in [9.17, 15) is 0 Å². The summed E-state index contributed by atoms with van der Waals surface area (Å²) >= 11 is 0. The van der Waals surface area contributed by atoms with E-state index in [1.807, 2.05) is 42.8 Å². The zero-order valence-electron chi connectivity index (χ0n) is 11.5. The quantitative estimate of drug-likeness (QED) is 0.709. The lowest BCUT2D eigenvalue weighted by Gasteiger charge is -2.11. The Morgan fingerprint density at radius 1 is 1.30 bits per heavy atom. The summed E-state index contributed by atoms with van der Waals surface area (Å²) in [4.78, 5) is 4.51. The summed E-state index contributed by atoms with van der Waals surface area (Å²) in [6.07, 6.45) is 1.69. The highest BCUT2D eigenvalue weighted by Gasteiger charge is 2.06. The average Bonchev–Trinajstić information content (AvgIpc) is 2.82. The Morgan fingerprint density at radius 3 is 2.90 bits per heavy atom. The van der Waals surface area contributed by atoms with Crippen LogP contribution in [0.4, 0.5) is 11.4 Å². The number of benzene rings is 1. The van der Waals surface area contributed by atoms with Gasteiger partial charge in [0.1, 0.15) is 6.33 Å². The van der Waals surface area contributed by atoms with E-state index in [1.54, 1.807) is 6.33 Å². The van der Waals surface area contributed by atoms with Gasteiger partial charge in [0.05, 0.1) is 12.1 Å². The van der Waals surface area contributed by atoms with E-state index < -0.39 is 0 Å². The number of fused-ring (bicyclic) bond motifs is 1. The number of pyridine rings is 1. The number of aromatic nitrogens is 4. The van der Waals surface area contributed by atoms with Gasteiger partial charge < -0.3 is 15.6 Å². The van der Waals surface area contributed by atoms with Crippen molar-refractivity contribution < 1.29 is 0 Å². The van der Waals surface area contributed by atoms with Crippen molar-refractivity contribution in [3.63, 3.8) is 0 Å². The van der Waals surface area contributed by atoms with Gasteiger partial charge in [0, 0.05) is 29.5 Å². The van der Waals surface area contributed by atoms with Gasteiger partial charge in [0.15, 0.2) is 5.82 Å². The summed E-state index contributed by atoms with van der Waals surface area (Å²) in [7, 11) is 1.92. The maximum atomic E-state index is 5.86. The first-order valence-corrected chi connectivity index (χ1v) is 6.37. The lowest BCUT2D eigenvalue weighted by atomic mass is 10.1. The molecule has 3 rings (SSSR count). The normalized spacial score (nSPS) is 10.9. The van der Waals surface area contributed by atoms with Crippen molar-refractivity contribution in [2.24, 2.45) is 7.05 Å². The molecule has 0 saturated heterocycles. The molecule has 6 heteroatoms. The van der Waals surface area contributed by atoms with Crippen LogP contribution >= 0.6 is 0 Å². The van der Waals surface area contributed by atoms with Gasteiger partial charge in [0.2, 0.25) is 0 Å². The SMILES string of the molecule is Cc1cc(NCc2nncn2C)c2cc(N)ccc2n1. The summed E-state index contributed by atoms with van der Waals surface area (Å²) in [6, 6.07) is 7.74. The molecule has 0 aliphatic rings. The van der Waals surface area contributed by atoms with E-state index in [0.29, 0.717) is 6.54 Å². The first kappa shape index (κ1) is 12.4. The van der Waals surface area contributed by atoms with Crippen molar-refractivity contribution in [1.82, 2.24) is 19.7 Å². The minimum atomic E-state index is 0.601. The smallest absolute Gasteiger partial charge is 0.151 e. The molecule has 0 saturated carbocycles. The third-order valence-electron chi connectivity index (χ3n) is 3.20. The second kappa shape index (κ2) is 4.80. The predicted molar refractivity (Wildman–Crippen MR) is 79.2 cm³/mol. The molecule has 0 radical (unpaired) electrons. The number of nitrogen functional groups attached to an aromatic ring is 1. The van der Waals surface area contributed by atoms with Crippen LogP contribution in [-0.2, 0) is 13.6 Å². The third-order valence-corrected chi connectivity index (χ3v) is 3.20. The first-order valence-electron chi connectivity index (χ1n) is 6.37. The lowest BCUT2D eigenvalue weighted by Crippen LogP contribution is -2.06. The zero-order chi connectivity index (χ0) is 14.1. The van der Waals surface area contributed by atoms with E-state index in [4.69, 9.17) is 5.73 Å². The molecule has 102 valence electrons. The molecule has 3 aromatic rings. The van der Waals surface area contributed by atoms with Gasteiger partial charge in [-0.25, -0.2) is 0 Å². The monoisotopic (exact) mass is 268 g/mol. The molecular weight excluding hydrogens is 252 g/mol. The van der Waals surface area contributed by atoms with Gasteiger partial charge >= 0.3 is 0 Å². The first-order chi connectivity index (χ1) is 9.63. The van der Waals surface area contributed by atoms with Crippen LogP contribution in [-0.4, -0.2) is 19.7 Å². The highest BCUT2D eigenvalue weighted by molar-refractivity contribution is 5.93. The predicted octanol–water partition coefficient (Wildman–Crippen LogP) is 1.87. The van der Waals surface area contributed by atoms with Gasteiger partial charge in [0.25, 0.3) is 0 Å². The maximum absolute atomic E-state index is 5.86. The number of rotatable bonds is 3. The van der Waals surface area contributed by atoms with Crippen molar-refractivity contribution in [3.8, 4) is 0 Å².